The molecule has 0 bridgehead atoms. The van der Waals surface area contributed by atoms with Crippen molar-refractivity contribution in [3.8, 4) is 6.01 Å². The molecule has 1 aromatic heterocycles. The minimum atomic E-state index is -2.57. The van der Waals surface area contributed by atoms with Crippen LogP contribution in [0.2, 0.25) is 0 Å². The van der Waals surface area contributed by atoms with E-state index in [1.807, 2.05) is 20.8 Å². The van der Waals surface area contributed by atoms with Crippen LogP contribution in [-0.2, 0) is 17.7 Å². The number of aryl methyl sites for hydroxylation is 1. The van der Waals surface area contributed by atoms with Crippen molar-refractivity contribution >= 4 is 6.09 Å². The number of hydrogen-bond acceptors (Lipinski definition) is 5. The van der Waals surface area contributed by atoms with Crippen molar-refractivity contribution in [1.82, 2.24) is 14.9 Å². The number of carbonyl (C=O) groups excluding carboxylic acids is 1. The smallest absolute Gasteiger partial charge is 0.410 e. The molecule has 0 aliphatic carbocycles. The van der Waals surface area contributed by atoms with Gasteiger partial charge in [0.1, 0.15) is 5.60 Å². The summed E-state index contributed by atoms with van der Waals surface area (Å²) in [6, 6.07) is -0.0604. The Morgan fingerprint density at radius 1 is 1.43 bits per heavy atom. The van der Waals surface area contributed by atoms with Crippen molar-refractivity contribution in [2.45, 2.75) is 52.2 Å². The molecule has 1 aromatic rings. The molecule has 0 unspecified atom stereocenters. The zero-order valence-corrected chi connectivity index (χ0v) is 13.5. The minimum Gasteiger partial charge on any atom is -0.457 e. The molecule has 8 heteroatoms. The quantitative estimate of drug-likeness (QED) is 0.853. The predicted molar refractivity (Wildman–Crippen MR) is 78.5 cm³/mol. The van der Waals surface area contributed by atoms with Crippen LogP contribution in [0.3, 0.4) is 0 Å². The first kappa shape index (κ1) is 17.4. The molecular formula is C15H21F2N3O3. The Hall–Kier alpha value is -1.99. The molecule has 0 atom stereocenters. The predicted octanol–water partition coefficient (Wildman–Crippen LogP) is 2.80. The molecule has 128 valence electrons. The van der Waals surface area contributed by atoms with Crippen molar-refractivity contribution in [2.24, 2.45) is 0 Å². The SMILES string of the molecule is CC(C)(C)OC(=O)N1CCCc2nc(OCC(F)F)ncc2C1. The number of rotatable bonds is 3. The first-order chi connectivity index (χ1) is 10.7. The Balaban J connectivity index is 2.07. The Labute approximate surface area is 133 Å². The van der Waals surface area contributed by atoms with Gasteiger partial charge in [0, 0.05) is 18.3 Å². The summed E-state index contributed by atoms with van der Waals surface area (Å²) in [6.07, 6.45) is -0.102. The topological polar surface area (TPSA) is 64.5 Å². The highest BCUT2D eigenvalue weighted by Gasteiger charge is 2.25. The van der Waals surface area contributed by atoms with Crippen molar-refractivity contribution < 1.29 is 23.0 Å². The van der Waals surface area contributed by atoms with Crippen LogP contribution in [-0.4, -0.2) is 46.1 Å². The second-order valence-electron chi connectivity index (χ2n) is 6.33. The average molecular weight is 329 g/mol. The third-order valence-corrected chi connectivity index (χ3v) is 3.13. The maximum atomic E-state index is 12.2. The molecule has 0 aromatic carbocycles. The molecule has 23 heavy (non-hydrogen) atoms. The van der Waals surface area contributed by atoms with Crippen molar-refractivity contribution in [3.63, 3.8) is 0 Å². The van der Waals surface area contributed by atoms with E-state index in [0.717, 1.165) is 11.3 Å². The monoisotopic (exact) mass is 329 g/mol. The van der Waals surface area contributed by atoms with Crippen LogP contribution in [0.1, 0.15) is 38.4 Å². The van der Waals surface area contributed by atoms with E-state index in [1.165, 1.54) is 6.20 Å². The van der Waals surface area contributed by atoms with E-state index in [9.17, 15) is 13.6 Å². The number of alkyl halides is 2. The highest BCUT2D eigenvalue weighted by Crippen LogP contribution is 2.20. The zero-order valence-electron chi connectivity index (χ0n) is 13.5. The van der Waals surface area contributed by atoms with Crippen LogP contribution in [0.15, 0.2) is 6.20 Å². The van der Waals surface area contributed by atoms with E-state index >= 15 is 0 Å². The van der Waals surface area contributed by atoms with Gasteiger partial charge in [0.2, 0.25) is 0 Å². The molecule has 0 fully saturated rings. The van der Waals surface area contributed by atoms with Gasteiger partial charge >= 0.3 is 12.1 Å². The normalized spacial score (nSPS) is 15.1. The molecule has 0 saturated carbocycles. The third kappa shape index (κ3) is 5.30. The summed E-state index contributed by atoms with van der Waals surface area (Å²) in [6.45, 7) is 5.58. The largest absolute Gasteiger partial charge is 0.457 e. The van der Waals surface area contributed by atoms with Crippen LogP contribution in [0.4, 0.5) is 13.6 Å². The average Bonchev–Trinajstić information content (AvgIpc) is 2.65. The molecule has 1 amide bonds. The van der Waals surface area contributed by atoms with Crippen molar-refractivity contribution in [2.75, 3.05) is 13.2 Å². The van der Waals surface area contributed by atoms with Gasteiger partial charge in [-0.1, -0.05) is 0 Å². The van der Waals surface area contributed by atoms with E-state index in [4.69, 9.17) is 9.47 Å². The number of halogens is 2. The molecule has 2 heterocycles. The molecule has 1 aliphatic heterocycles. The van der Waals surface area contributed by atoms with Crippen LogP contribution >= 0.6 is 0 Å². The molecule has 0 radical (unpaired) electrons. The number of aromatic nitrogens is 2. The summed E-state index contributed by atoms with van der Waals surface area (Å²) >= 11 is 0. The second-order valence-corrected chi connectivity index (χ2v) is 6.33. The van der Waals surface area contributed by atoms with Gasteiger partial charge in [0.05, 0.1) is 12.2 Å². The summed E-state index contributed by atoms with van der Waals surface area (Å²) in [5.41, 5.74) is 0.934. The fraction of sp³-hybridized carbons (Fsp3) is 0.667. The van der Waals surface area contributed by atoms with Gasteiger partial charge in [-0.25, -0.2) is 18.6 Å². The molecule has 2 rings (SSSR count). The lowest BCUT2D eigenvalue weighted by atomic mass is 10.2. The van der Waals surface area contributed by atoms with Gasteiger partial charge in [-0.3, -0.25) is 0 Å². The molecule has 1 aliphatic rings. The molecular weight excluding hydrogens is 308 g/mol. The van der Waals surface area contributed by atoms with E-state index < -0.39 is 18.6 Å². The first-order valence-electron chi connectivity index (χ1n) is 7.48. The third-order valence-electron chi connectivity index (χ3n) is 3.13. The van der Waals surface area contributed by atoms with Gasteiger partial charge in [0.25, 0.3) is 6.43 Å². The van der Waals surface area contributed by atoms with Crippen molar-refractivity contribution in [1.29, 1.82) is 0 Å². The minimum absolute atomic E-state index is 0.0604. The Bertz CT molecular complexity index is 561. The van der Waals surface area contributed by atoms with E-state index in [0.29, 0.717) is 25.9 Å². The number of nitrogens with zero attached hydrogens (tertiary/aromatic N) is 3. The number of carbonyl (C=O) groups is 1. The summed E-state index contributed by atoms with van der Waals surface area (Å²) in [4.78, 5) is 21.9. The highest BCUT2D eigenvalue weighted by molar-refractivity contribution is 5.68. The number of hydrogen-bond donors (Lipinski definition) is 0. The first-order valence-corrected chi connectivity index (χ1v) is 7.48. The summed E-state index contributed by atoms with van der Waals surface area (Å²) in [7, 11) is 0. The van der Waals surface area contributed by atoms with Crippen molar-refractivity contribution in [3.05, 3.63) is 17.5 Å². The van der Waals surface area contributed by atoms with Crippen LogP contribution in [0.25, 0.3) is 0 Å². The highest BCUT2D eigenvalue weighted by atomic mass is 19.3. The summed E-state index contributed by atoms with van der Waals surface area (Å²) in [5.74, 6) is 0. The second kappa shape index (κ2) is 7.06. The Kier molecular flexibility index (Phi) is 5.33. The fourth-order valence-corrected chi connectivity index (χ4v) is 2.18. The molecule has 6 nitrogen and oxygen atoms in total. The Morgan fingerprint density at radius 3 is 2.83 bits per heavy atom. The maximum Gasteiger partial charge on any atom is 0.410 e. The zero-order chi connectivity index (χ0) is 17.0. The molecule has 0 spiro atoms. The van der Waals surface area contributed by atoms with E-state index in [-0.39, 0.29) is 12.1 Å². The van der Waals surface area contributed by atoms with E-state index in [2.05, 4.69) is 9.97 Å². The lowest BCUT2D eigenvalue weighted by Crippen LogP contribution is -2.36. The van der Waals surface area contributed by atoms with Crippen LogP contribution in [0.5, 0.6) is 6.01 Å². The number of amides is 1. The van der Waals surface area contributed by atoms with Gasteiger partial charge in [-0.15, -0.1) is 0 Å². The lowest BCUT2D eigenvalue weighted by Gasteiger charge is -2.26. The molecule has 0 N–H and O–H groups in total. The van der Waals surface area contributed by atoms with Gasteiger partial charge in [-0.2, -0.15) is 4.98 Å². The van der Waals surface area contributed by atoms with Crippen LogP contribution < -0.4 is 4.74 Å². The summed E-state index contributed by atoms with van der Waals surface area (Å²) in [5, 5.41) is 0. The summed E-state index contributed by atoms with van der Waals surface area (Å²) < 4.78 is 34.5. The number of fused-ring (bicyclic) bond motifs is 1. The molecule has 0 saturated heterocycles. The number of ether oxygens (including phenoxy) is 2. The van der Waals surface area contributed by atoms with Crippen LogP contribution in [0, 0.1) is 0 Å². The van der Waals surface area contributed by atoms with Gasteiger partial charge < -0.3 is 14.4 Å². The Morgan fingerprint density at radius 2 is 2.17 bits per heavy atom. The fourth-order valence-electron chi connectivity index (χ4n) is 2.18. The van der Waals surface area contributed by atoms with Gasteiger partial charge in [-0.05, 0) is 33.6 Å². The maximum absolute atomic E-state index is 12.2. The van der Waals surface area contributed by atoms with E-state index in [1.54, 1.807) is 4.90 Å². The van der Waals surface area contributed by atoms with Gasteiger partial charge in [0.15, 0.2) is 6.61 Å². The standard InChI is InChI=1S/C15H21F2N3O3/c1-15(2,3)23-14(21)20-6-4-5-11-10(8-20)7-18-13(19-11)22-9-12(16)17/h7,12H,4-6,8-9H2,1-3H3. The lowest BCUT2D eigenvalue weighted by molar-refractivity contribution is 0.0236.